The third-order valence-corrected chi connectivity index (χ3v) is 2.23. The lowest BCUT2D eigenvalue weighted by Gasteiger charge is -2.01. The smallest absolute Gasteiger partial charge is 0.247 e. The molecule has 0 unspecified atom stereocenters. The van der Waals surface area contributed by atoms with Crippen LogP contribution < -0.4 is 5.32 Å². The number of halogens is 1. The molecule has 0 saturated heterocycles. The van der Waals surface area contributed by atoms with Crippen LogP contribution in [0.5, 0.6) is 0 Å². The first kappa shape index (κ1) is 9.21. The highest BCUT2D eigenvalue weighted by Crippen LogP contribution is 2.10. The number of rotatable bonds is 2. The second-order valence-electron chi connectivity index (χ2n) is 3.11. The van der Waals surface area contributed by atoms with Gasteiger partial charge in [0.05, 0.1) is 0 Å². The van der Waals surface area contributed by atoms with Gasteiger partial charge in [0.1, 0.15) is 12.4 Å². The average Bonchev–Trinajstić information content (AvgIpc) is 2.56. The van der Waals surface area contributed by atoms with E-state index in [1.807, 2.05) is 24.3 Å². The molecule has 1 aromatic rings. The second-order valence-corrected chi connectivity index (χ2v) is 3.55. The van der Waals surface area contributed by atoms with E-state index in [2.05, 4.69) is 10.3 Å². The van der Waals surface area contributed by atoms with Crippen LogP contribution in [0.2, 0.25) is 5.02 Å². The number of hydrogen-bond donors (Lipinski definition) is 1. The van der Waals surface area contributed by atoms with Crippen LogP contribution in [0.25, 0.3) is 0 Å². The minimum atomic E-state index is -0.0334. The summed E-state index contributed by atoms with van der Waals surface area (Å²) in [6.45, 7) is 0.253. The molecule has 0 fully saturated rings. The van der Waals surface area contributed by atoms with E-state index in [1.54, 1.807) is 0 Å². The first-order chi connectivity index (χ1) is 6.74. The summed E-state index contributed by atoms with van der Waals surface area (Å²) in [6.07, 6.45) is 0.656. The van der Waals surface area contributed by atoms with Crippen molar-refractivity contribution in [2.45, 2.75) is 6.42 Å². The Hall–Kier alpha value is -1.35. The molecular formula is C10H9ClN2O. The molecular weight excluding hydrogens is 200 g/mol. The van der Waals surface area contributed by atoms with E-state index in [1.165, 1.54) is 0 Å². The van der Waals surface area contributed by atoms with Crippen LogP contribution in [0.3, 0.4) is 0 Å². The lowest BCUT2D eigenvalue weighted by molar-refractivity contribution is -0.117. The van der Waals surface area contributed by atoms with Gasteiger partial charge in [0.2, 0.25) is 5.91 Å². The maximum absolute atomic E-state index is 10.9. The molecule has 0 radical (unpaired) electrons. The minimum absolute atomic E-state index is 0.0334. The largest absolute Gasteiger partial charge is 0.313 e. The first-order valence-corrected chi connectivity index (χ1v) is 4.69. The van der Waals surface area contributed by atoms with Gasteiger partial charge in [0.25, 0.3) is 0 Å². The van der Waals surface area contributed by atoms with E-state index in [4.69, 9.17) is 11.6 Å². The van der Waals surface area contributed by atoms with Gasteiger partial charge >= 0.3 is 0 Å². The van der Waals surface area contributed by atoms with Gasteiger partial charge < -0.3 is 5.32 Å². The molecule has 3 nitrogen and oxygen atoms in total. The molecule has 4 heteroatoms. The molecule has 1 aliphatic heterocycles. The topological polar surface area (TPSA) is 41.5 Å². The number of nitrogens with one attached hydrogen (secondary N) is 1. The quantitative estimate of drug-likeness (QED) is 0.785. The fraction of sp³-hybridized carbons (Fsp3) is 0.200. The van der Waals surface area contributed by atoms with Crippen molar-refractivity contribution >= 4 is 23.3 Å². The van der Waals surface area contributed by atoms with Crippen molar-refractivity contribution in [3.05, 3.63) is 34.9 Å². The number of hydrogen-bond acceptors (Lipinski definition) is 2. The van der Waals surface area contributed by atoms with Gasteiger partial charge in [-0.05, 0) is 17.7 Å². The first-order valence-electron chi connectivity index (χ1n) is 4.31. The Kier molecular flexibility index (Phi) is 2.50. The van der Waals surface area contributed by atoms with Gasteiger partial charge in [-0.3, -0.25) is 9.79 Å². The van der Waals surface area contributed by atoms with Crippen molar-refractivity contribution in [1.82, 2.24) is 5.32 Å². The molecule has 72 valence electrons. The molecule has 1 aromatic carbocycles. The monoisotopic (exact) mass is 208 g/mol. The normalized spacial score (nSPS) is 15.2. The highest BCUT2D eigenvalue weighted by Gasteiger charge is 2.12. The number of amidine groups is 1. The second kappa shape index (κ2) is 3.80. The van der Waals surface area contributed by atoms with Gasteiger partial charge in [0.15, 0.2) is 0 Å². The van der Waals surface area contributed by atoms with Crippen LogP contribution in [-0.4, -0.2) is 18.3 Å². The Bertz CT molecular complexity index is 384. The zero-order chi connectivity index (χ0) is 9.97. The van der Waals surface area contributed by atoms with E-state index >= 15 is 0 Å². The lowest BCUT2D eigenvalue weighted by Crippen LogP contribution is -2.25. The summed E-state index contributed by atoms with van der Waals surface area (Å²) < 4.78 is 0. The Labute approximate surface area is 86.8 Å². The highest BCUT2D eigenvalue weighted by molar-refractivity contribution is 6.30. The number of nitrogens with zero attached hydrogens (tertiary/aromatic N) is 1. The van der Waals surface area contributed by atoms with Crippen LogP contribution in [0.15, 0.2) is 29.3 Å². The van der Waals surface area contributed by atoms with Gasteiger partial charge in [-0.1, -0.05) is 23.7 Å². The highest BCUT2D eigenvalue weighted by atomic mass is 35.5. The summed E-state index contributed by atoms with van der Waals surface area (Å²) in [7, 11) is 0. The van der Waals surface area contributed by atoms with Gasteiger partial charge in [-0.25, -0.2) is 0 Å². The number of benzene rings is 1. The predicted octanol–water partition coefficient (Wildman–Crippen LogP) is 1.41. The Balaban J connectivity index is 2.04. The molecule has 2 rings (SSSR count). The Morgan fingerprint density at radius 3 is 2.64 bits per heavy atom. The summed E-state index contributed by atoms with van der Waals surface area (Å²) in [4.78, 5) is 14.9. The van der Waals surface area contributed by atoms with Crippen LogP contribution in [0, 0.1) is 0 Å². The number of amides is 1. The molecule has 1 amide bonds. The average molecular weight is 209 g/mol. The van der Waals surface area contributed by atoms with Crippen LogP contribution in [-0.2, 0) is 11.2 Å². The molecule has 1 aliphatic rings. The molecule has 1 N–H and O–H groups in total. The fourth-order valence-corrected chi connectivity index (χ4v) is 1.43. The van der Waals surface area contributed by atoms with Gasteiger partial charge in [0, 0.05) is 11.4 Å². The molecule has 0 saturated carbocycles. The zero-order valence-electron chi connectivity index (χ0n) is 7.46. The van der Waals surface area contributed by atoms with E-state index in [-0.39, 0.29) is 12.5 Å². The summed E-state index contributed by atoms with van der Waals surface area (Å²) in [6, 6.07) is 7.51. The van der Waals surface area contributed by atoms with Crippen molar-refractivity contribution in [2.24, 2.45) is 4.99 Å². The SMILES string of the molecule is O=C1CN=C(Cc2ccc(Cl)cc2)N1. The van der Waals surface area contributed by atoms with Gasteiger partial charge in [-0.2, -0.15) is 0 Å². The maximum Gasteiger partial charge on any atom is 0.247 e. The predicted molar refractivity (Wildman–Crippen MR) is 55.6 cm³/mol. The van der Waals surface area contributed by atoms with E-state index in [9.17, 15) is 4.79 Å². The third-order valence-electron chi connectivity index (χ3n) is 1.98. The fourth-order valence-electron chi connectivity index (χ4n) is 1.30. The molecule has 0 atom stereocenters. The van der Waals surface area contributed by atoms with E-state index in [0.29, 0.717) is 11.4 Å². The Morgan fingerprint density at radius 1 is 1.36 bits per heavy atom. The maximum atomic E-state index is 10.9. The molecule has 0 bridgehead atoms. The van der Waals surface area contributed by atoms with Crippen LogP contribution >= 0.6 is 11.6 Å². The third kappa shape index (κ3) is 2.12. The number of carbonyl (C=O) groups is 1. The standard InChI is InChI=1S/C10H9ClN2O/c11-8-3-1-7(2-4-8)5-9-12-6-10(14)13-9/h1-4H,5-6H2,(H,12,13,14). The molecule has 0 aromatic heterocycles. The van der Waals surface area contributed by atoms with Gasteiger partial charge in [-0.15, -0.1) is 0 Å². The summed E-state index contributed by atoms with van der Waals surface area (Å²) >= 11 is 5.75. The lowest BCUT2D eigenvalue weighted by atomic mass is 10.1. The van der Waals surface area contributed by atoms with Crippen LogP contribution in [0.1, 0.15) is 5.56 Å². The van der Waals surface area contributed by atoms with Crippen molar-refractivity contribution < 1.29 is 4.79 Å². The van der Waals surface area contributed by atoms with E-state index < -0.39 is 0 Å². The number of aliphatic imine (C=N–C) groups is 1. The Morgan fingerprint density at radius 2 is 2.07 bits per heavy atom. The molecule has 0 aliphatic carbocycles. The minimum Gasteiger partial charge on any atom is -0.313 e. The number of carbonyl (C=O) groups excluding carboxylic acids is 1. The zero-order valence-corrected chi connectivity index (χ0v) is 8.21. The molecule has 0 spiro atoms. The van der Waals surface area contributed by atoms with Crippen molar-refractivity contribution in [2.75, 3.05) is 6.54 Å². The van der Waals surface area contributed by atoms with Crippen LogP contribution in [0.4, 0.5) is 0 Å². The molecule has 1 heterocycles. The van der Waals surface area contributed by atoms with Crippen molar-refractivity contribution in [1.29, 1.82) is 0 Å². The van der Waals surface area contributed by atoms with E-state index in [0.717, 1.165) is 11.4 Å². The van der Waals surface area contributed by atoms with Crippen molar-refractivity contribution in [3.8, 4) is 0 Å². The summed E-state index contributed by atoms with van der Waals surface area (Å²) in [5.41, 5.74) is 1.09. The van der Waals surface area contributed by atoms with Crippen molar-refractivity contribution in [3.63, 3.8) is 0 Å². The summed E-state index contributed by atoms with van der Waals surface area (Å²) in [5, 5.41) is 3.41. The molecule has 14 heavy (non-hydrogen) atoms. The summed E-state index contributed by atoms with van der Waals surface area (Å²) in [5.74, 6) is 0.700.